The molecule has 0 radical (unpaired) electrons. The van der Waals surface area contributed by atoms with Crippen LogP contribution in [-0.4, -0.2) is 46.9 Å². The number of anilines is 2. The molecule has 0 saturated carbocycles. The van der Waals surface area contributed by atoms with Gasteiger partial charge in [0.2, 0.25) is 0 Å². The van der Waals surface area contributed by atoms with Gasteiger partial charge >= 0.3 is 5.97 Å². The largest absolute Gasteiger partial charge is 0.481 e. The number of rotatable bonds is 8. The SMILES string of the molecule is NCc1ccc(NC(=O)c2ccc3c(c2)NC(CC(=O)O)CN(CCc2ccccc2)C3=O)cc1. The molecule has 180 valence electrons. The number of nitrogens with two attached hydrogens (primary N) is 1. The highest BCUT2D eigenvalue weighted by Gasteiger charge is 2.29. The molecule has 1 heterocycles. The van der Waals surface area contributed by atoms with Crippen LogP contribution in [0, 0.1) is 0 Å². The zero-order valence-electron chi connectivity index (χ0n) is 19.2. The second-order valence-corrected chi connectivity index (χ2v) is 8.54. The van der Waals surface area contributed by atoms with Crippen LogP contribution in [0.2, 0.25) is 0 Å². The summed E-state index contributed by atoms with van der Waals surface area (Å²) in [4.78, 5) is 39.3. The van der Waals surface area contributed by atoms with Gasteiger partial charge in [0.05, 0.1) is 18.0 Å². The molecule has 1 atom stereocenters. The molecular formula is C27H28N4O4. The smallest absolute Gasteiger partial charge is 0.305 e. The molecule has 0 fully saturated rings. The summed E-state index contributed by atoms with van der Waals surface area (Å²) in [5.74, 6) is -1.49. The lowest BCUT2D eigenvalue weighted by Gasteiger charge is -2.24. The van der Waals surface area contributed by atoms with Crippen molar-refractivity contribution < 1.29 is 19.5 Å². The Morgan fingerprint density at radius 2 is 1.77 bits per heavy atom. The van der Waals surface area contributed by atoms with Gasteiger partial charge < -0.3 is 26.4 Å². The molecule has 5 N–H and O–H groups in total. The first-order chi connectivity index (χ1) is 16.9. The number of carboxylic acid groups (broad SMARTS) is 1. The van der Waals surface area contributed by atoms with Crippen molar-refractivity contribution in [1.82, 2.24) is 4.90 Å². The molecule has 1 unspecified atom stereocenters. The van der Waals surface area contributed by atoms with Crippen LogP contribution in [-0.2, 0) is 17.8 Å². The molecule has 2 amide bonds. The Hall–Kier alpha value is -4.17. The lowest BCUT2D eigenvalue weighted by atomic mass is 10.1. The Morgan fingerprint density at radius 1 is 1.03 bits per heavy atom. The van der Waals surface area contributed by atoms with Crippen molar-refractivity contribution in [2.24, 2.45) is 5.73 Å². The molecule has 4 rings (SSSR count). The Kier molecular flexibility index (Phi) is 7.42. The van der Waals surface area contributed by atoms with Gasteiger partial charge in [-0.25, -0.2) is 0 Å². The molecule has 3 aromatic rings. The van der Waals surface area contributed by atoms with Crippen LogP contribution in [0.1, 0.15) is 38.3 Å². The van der Waals surface area contributed by atoms with Gasteiger partial charge in [-0.05, 0) is 47.9 Å². The number of fused-ring (bicyclic) bond motifs is 1. The number of carbonyl (C=O) groups excluding carboxylic acids is 2. The normalized spacial score (nSPS) is 15.1. The van der Waals surface area contributed by atoms with Crippen molar-refractivity contribution in [2.75, 3.05) is 23.7 Å². The quantitative estimate of drug-likeness (QED) is 0.399. The third-order valence-electron chi connectivity index (χ3n) is 5.98. The Balaban J connectivity index is 1.55. The minimum absolute atomic E-state index is 0.154. The fourth-order valence-electron chi connectivity index (χ4n) is 4.13. The van der Waals surface area contributed by atoms with Gasteiger partial charge in [-0.15, -0.1) is 0 Å². The number of amides is 2. The molecule has 1 aliphatic rings. The average Bonchev–Trinajstić information content (AvgIpc) is 2.99. The summed E-state index contributed by atoms with van der Waals surface area (Å²) in [7, 11) is 0. The maximum absolute atomic E-state index is 13.3. The number of hydrogen-bond acceptors (Lipinski definition) is 5. The molecule has 0 saturated heterocycles. The highest BCUT2D eigenvalue weighted by atomic mass is 16.4. The number of hydrogen-bond donors (Lipinski definition) is 4. The minimum Gasteiger partial charge on any atom is -0.481 e. The summed E-state index contributed by atoms with van der Waals surface area (Å²) < 4.78 is 0. The van der Waals surface area contributed by atoms with E-state index in [1.807, 2.05) is 42.5 Å². The van der Waals surface area contributed by atoms with Crippen LogP contribution >= 0.6 is 0 Å². The van der Waals surface area contributed by atoms with Crippen molar-refractivity contribution in [1.29, 1.82) is 0 Å². The summed E-state index contributed by atoms with van der Waals surface area (Å²) in [6.45, 7) is 1.13. The van der Waals surface area contributed by atoms with Crippen molar-refractivity contribution in [3.63, 3.8) is 0 Å². The molecule has 0 bridgehead atoms. The lowest BCUT2D eigenvalue weighted by Crippen LogP contribution is -2.39. The lowest BCUT2D eigenvalue weighted by molar-refractivity contribution is -0.137. The van der Waals surface area contributed by atoms with E-state index in [-0.39, 0.29) is 24.8 Å². The number of aliphatic carboxylic acids is 1. The van der Waals surface area contributed by atoms with E-state index in [0.29, 0.717) is 42.0 Å². The van der Waals surface area contributed by atoms with E-state index in [2.05, 4.69) is 10.6 Å². The fraction of sp³-hybridized carbons (Fsp3) is 0.222. The first kappa shape index (κ1) is 24.0. The molecule has 35 heavy (non-hydrogen) atoms. The summed E-state index contributed by atoms with van der Waals surface area (Å²) in [6, 6.07) is 21.4. The second-order valence-electron chi connectivity index (χ2n) is 8.54. The highest BCUT2D eigenvalue weighted by Crippen LogP contribution is 2.26. The van der Waals surface area contributed by atoms with Crippen LogP contribution in [0.25, 0.3) is 0 Å². The number of nitrogens with one attached hydrogen (secondary N) is 2. The third-order valence-corrected chi connectivity index (χ3v) is 5.98. The van der Waals surface area contributed by atoms with Gasteiger partial charge in [0.25, 0.3) is 11.8 Å². The topological polar surface area (TPSA) is 125 Å². The number of carboxylic acids is 1. The van der Waals surface area contributed by atoms with E-state index in [4.69, 9.17) is 5.73 Å². The number of carbonyl (C=O) groups is 3. The maximum Gasteiger partial charge on any atom is 0.305 e. The molecule has 0 spiro atoms. The van der Waals surface area contributed by atoms with Gasteiger partial charge in [-0.2, -0.15) is 0 Å². The highest BCUT2D eigenvalue weighted by molar-refractivity contribution is 6.07. The van der Waals surface area contributed by atoms with Gasteiger partial charge in [-0.3, -0.25) is 14.4 Å². The molecule has 0 aliphatic carbocycles. The van der Waals surface area contributed by atoms with E-state index < -0.39 is 12.0 Å². The Labute approximate surface area is 203 Å². The van der Waals surface area contributed by atoms with E-state index in [0.717, 1.165) is 11.1 Å². The van der Waals surface area contributed by atoms with Crippen LogP contribution < -0.4 is 16.4 Å². The fourth-order valence-corrected chi connectivity index (χ4v) is 4.13. The number of nitrogens with zero attached hydrogens (tertiary/aromatic N) is 1. The Bertz CT molecular complexity index is 1210. The molecule has 1 aliphatic heterocycles. The van der Waals surface area contributed by atoms with Crippen molar-refractivity contribution in [3.05, 3.63) is 95.1 Å². The van der Waals surface area contributed by atoms with Gasteiger partial charge in [0, 0.05) is 36.6 Å². The van der Waals surface area contributed by atoms with Gasteiger partial charge in [0.1, 0.15) is 0 Å². The first-order valence-corrected chi connectivity index (χ1v) is 11.5. The van der Waals surface area contributed by atoms with E-state index >= 15 is 0 Å². The van der Waals surface area contributed by atoms with Crippen LogP contribution in [0.4, 0.5) is 11.4 Å². The third kappa shape index (κ3) is 6.04. The maximum atomic E-state index is 13.3. The van der Waals surface area contributed by atoms with Crippen molar-refractivity contribution >= 4 is 29.2 Å². The van der Waals surface area contributed by atoms with Gasteiger partial charge in [-0.1, -0.05) is 42.5 Å². The molecular weight excluding hydrogens is 444 g/mol. The zero-order valence-corrected chi connectivity index (χ0v) is 19.2. The molecule has 8 nitrogen and oxygen atoms in total. The van der Waals surface area contributed by atoms with Crippen molar-refractivity contribution in [2.45, 2.75) is 25.4 Å². The Morgan fingerprint density at radius 3 is 2.46 bits per heavy atom. The summed E-state index contributed by atoms with van der Waals surface area (Å²) >= 11 is 0. The van der Waals surface area contributed by atoms with Gasteiger partial charge in [0.15, 0.2) is 0 Å². The summed E-state index contributed by atoms with van der Waals surface area (Å²) in [5, 5.41) is 15.4. The standard InChI is InChI=1S/C27H28N4O4/c28-16-19-6-9-21(10-7-19)30-26(34)20-8-11-23-24(14-20)29-22(15-25(32)33)17-31(27(23)35)13-12-18-4-2-1-3-5-18/h1-11,14,22,29H,12-13,15-17,28H2,(H,30,34)(H,32,33). The second kappa shape index (κ2) is 10.8. The monoisotopic (exact) mass is 472 g/mol. The molecule has 3 aromatic carbocycles. The van der Waals surface area contributed by atoms with Crippen LogP contribution in [0.3, 0.4) is 0 Å². The first-order valence-electron chi connectivity index (χ1n) is 11.5. The van der Waals surface area contributed by atoms with Crippen LogP contribution in [0.5, 0.6) is 0 Å². The minimum atomic E-state index is -0.962. The average molecular weight is 473 g/mol. The zero-order chi connectivity index (χ0) is 24.8. The summed E-state index contributed by atoms with van der Waals surface area (Å²) in [6.07, 6.45) is 0.504. The van der Waals surface area contributed by atoms with Crippen LogP contribution in [0.15, 0.2) is 72.8 Å². The van der Waals surface area contributed by atoms with E-state index in [9.17, 15) is 19.5 Å². The van der Waals surface area contributed by atoms with E-state index in [1.54, 1.807) is 35.2 Å². The predicted octanol–water partition coefficient (Wildman–Crippen LogP) is 3.35. The summed E-state index contributed by atoms with van der Waals surface area (Å²) in [5.41, 5.74) is 9.52. The molecule has 8 heteroatoms. The molecule has 0 aromatic heterocycles. The van der Waals surface area contributed by atoms with E-state index in [1.165, 1.54) is 0 Å². The van der Waals surface area contributed by atoms with Crippen molar-refractivity contribution in [3.8, 4) is 0 Å². The predicted molar refractivity (Wildman–Crippen MR) is 134 cm³/mol. The number of benzene rings is 3.